The number of aromatic nitrogens is 2. The largest absolute Gasteiger partial charge is 0.378 e. The highest BCUT2D eigenvalue weighted by Crippen LogP contribution is 2.23. The maximum atomic E-state index is 4.27. The third-order valence-corrected chi connectivity index (χ3v) is 3.65. The first-order valence-corrected chi connectivity index (χ1v) is 7.16. The minimum Gasteiger partial charge on any atom is -0.378 e. The van der Waals surface area contributed by atoms with Crippen molar-refractivity contribution in [1.29, 1.82) is 0 Å². The van der Waals surface area contributed by atoms with Crippen molar-refractivity contribution >= 4 is 5.69 Å². The van der Waals surface area contributed by atoms with E-state index in [4.69, 9.17) is 0 Å². The van der Waals surface area contributed by atoms with Crippen LogP contribution in [0.2, 0.25) is 0 Å². The summed E-state index contributed by atoms with van der Waals surface area (Å²) in [6.07, 6.45) is 3.74. The van der Waals surface area contributed by atoms with E-state index in [1.807, 2.05) is 23.0 Å². The second-order valence-corrected chi connectivity index (χ2v) is 5.22. The zero-order valence-electron chi connectivity index (χ0n) is 12.3. The van der Waals surface area contributed by atoms with Crippen LogP contribution < -0.4 is 5.32 Å². The molecule has 0 bridgehead atoms. The van der Waals surface area contributed by atoms with Crippen molar-refractivity contribution in [2.45, 2.75) is 19.9 Å². The predicted molar refractivity (Wildman–Crippen MR) is 86.8 cm³/mol. The van der Waals surface area contributed by atoms with E-state index >= 15 is 0 Å². The van der Waals surface area contributed by atoms with Crippen molar-refractivity contribution in [2.75, 3.05) is 5.32 Å². The number of rotatable bonds is 4. The Kier molecular flexibility index (Phi) is 3.73. The van der Waals surface area contributed by atoms with Crippen molar-refractivity contribution in [3.8, 4) is 5.69 Å². The van der Waals surface area contributed by atoms with Crippen molar-refractivity contribution < 1.29 is 0 Å². The van der Waals surface area contributed by atoms with Crippen LogP contribution in [0.15, 0.2) is 67.0 Å². The molecule has 106 valence electrons. The van der Waals surface area contributed by atoms with Crippen LogP contribution >= 0.6 is 0 Å². The molecule has 3 aromatic rings. The van der Waals surface area contributed by atoms with Crippen molar-refractivity contribution in [2.24, 2.45) is 0 Å². The Morgan fingerprint density at radius 3 is 2.67 bits per heavy atom. The summed E-state index contributed by atoms with van der Waals surface area (Å²) < 4.78 is 1.86. The molecule has 0 aliphatic rings. The van der Waals surface area contributed by atoms with Crippen LogP contribution in [0.1, 0.15) is 24.1 Å². The minimum absolute atomic E-state index is 0.263. The molecule has 1 heterocycles. The first-order chi connectivity index (χ1) is 10.2. The lowest BCUT2D eigenvalue weighted by Crippen LogP contribution is -2.08. The first-order valence-electron chi connectivity index (χ1n) is 7.16. The van der Waals surface area contributed by atoms with Crippen LogP contribution in [-0.4, -0.2) is 9.78 Å². The topological polar surface area (TPSA) is 29.9 Å². The monoisotopic (exact) mass is 277 g/mol. The van der Waals surface area contributed by atoms with E-state index in [2.05, 4.69) is 66.7 Å². The predicted octanol–water partition coefficient (Wildman–Crippen LogP) is 4.35. The van der Waals surface area contributed by atoms with E-state index in [1.54, 1.807) is 6.20 Å². The van der Waals surface area contributed by atoms with E-state index < -0.39 is 0 Å². The number of hydrogen-bond acceptors (Lipinski definition) is 2. The lowest BCUT2D eigenvalue weighted by molar-refractivity contribution is 0.864. The van der Waals surface area contributed by atoms with Gasteiger partial charge in [-0.1, -0.05) is 30.3 Å². The lowest BCUT2D eigenvalue weighted by atomic mass is 10.0. The molecule has 21 heavy (non-hydrogen) atoms. The molecule has 1 aromatic heterocycles. The van der Waals surface area contributed by atoms with Gasteiger partial charge in [-0.2, -0.15) is 5.10 Å². The molecule has 0 amide bonds. The molecular formula is C18H19N3. The fraction of sp³-hybridized carbons (Fsp3) is 0.167. The fourth-order valence-corrected chi connectivity index (χ4v) is 2.56. The number of nitrogens with one attached hydrogen (secondary N) is 1. The van der Waals surface area contributed by atoms with Gasteiger partial charge in [0.15, 0.2) is 0 Å². The van der Waals surface area contributed by atoms with Crippen molar-refractivity contribution in [1.82, 2.24) is 9.78 Å². The van der Waals surface area contributed by atoms with Crippen LogP contribution in [0.5, 0.6) is 0 Å². The van der Waals surface area contributed by atoms with Gasteiger partial charge in [-0.05, 0) is 49.2 Å². The smallest absolute Gasteiger partial charge is 0.0666 e. The van der Waals surface area contributed by atoms with Gasteiger partial charge in [-0.15, -0.1) is 0 Å². The van der Waals surface area contributed by atoms with Gasteiger partial charge >= 0.3 is 0 Å². The van der Waals surface area contributed by atoms with Crippen LogP contribution in [-0.2, 0) is 0 Å². The van der Waals surface area contributed by atoms with Gasteiger partial charge in [-0.25, -0.2) is 4.68 Å². The van der Waals surface area contributed by atoms with Gasteiger partial charge in [0.2, 0.25) is 0 Å². The lowest BCUT2D eigenvalue weighted by Gasteiger charge is -2.18. The summed E-state index contributed by atoms with van der Waals surface area (Å²) >= 11 is 0. The molecular weight excluding hydrogens is 258 g/mol. The Morgan fingerprint density at radius 2 is 1.90 bits per heavy atom. The Labute approximate surface area is 125 Å². The summed E-state index contributed by atoms with van der Waals surface area (Å²) in [7, 11) is 0. The van der Waals surface area contributed by atoms with Crippen LogP contribution in [0, 0.1) is 6.92 Å². The van der Waals surface area contributed by atoms with Gasteiger partial charge in [0, 0.05) is 24.1 Å². The minimum atomic E-state index is 0.263. The third kappa shape index (κ3) is 2.97. The summed E-state index contributed by atoms with van der Waals surface area (Å²) in [5.74, 6) is 0. The molecule has 3 heteroatoms. The number of hydrogen-bond donors (Lipinski definition) is 1. The molecule has 1 unspecified atom stereocenters. The molecule has 1 N–H and O–H groups in total. The Balaban J connectivity index is 1.82. The maximum Gasteiger partial charge on any atom is 0.0666 e. The molecule has 0 aliphatic carbocycles. The Hall–Kier alpha value is -2.55. The molecule has 0 fully saturated rings. The maximum absolute atomic E-state index is 4.27. The average molecular weight is 277 g/mol. The summed E-state index contributed by atoms with van der Waals surface area (Å²) in [6.45, 7) is 4.33. The quantitative estimate of drug-likeness (QED) is 0.768. The fourth-order valence-electron chi connectivity index (χ4n) is 2.56. The molecule has 3 rings (SSSR count). The van der Waals surface area contributed by atoms with E-state index in [0.717, 1.165) is 11.4 Å². The normalized spacial score (nSPS) is 12.1. The standard InChI is InChI=1S/C18H19N3/c1-14-7-3-4-10-18(14)15(2)20-16-8-5-9-17(13-16)21-12-6-11-19-21/h3-13,15,20H,1-2H3. The third-order valence-electron chi connectivity index (χ3n) is 3.65. The highest BCUT2D eigenvalue weighted by molar-refractivity contribution is 5.52. The van der Waals surface area contributed by atoms with Gasteiger partial charge < -0.3 is 5.32 Å². The van der Waals surface area contributed by atoms with Gasteiger partial charge in [0.1, 0.15) is 0 Å². The highest BCUT2D eigenvalue weighted by Gasteiger charge is 2.08. The Bertz CT molecular complexity index is 717. The number of aryl methyl sites for hydroxylation is 1. The van der Waals surface area contributed by atoms with Gasteiger partial charge in [0.05, 0.1) is 5.69 Å². The molecule has 0 spiro atoms. The van der Waals surface area contributed by atoms with E-state index in [0.29, 0.717) is 0 Å². The first kappa shape index (κ1) is 13.4. The zero-order valence-corrected chi connectivity index (χ0v) is 12.3. The molecule has 1 atom stereocenters. The van der Waals surface area contributed by atoms with Gasteiger partial charge in [-0.3, -0.25) is 0 Å². The van der Waals surface area contributed by atoms with E-state index in [-0.39, 0.29) is 6.04 Å². The van der Waals surface area contributed by atoms with Crippen LogP contribution in [0.4, 0.5) is 5.69 Å². The highest BCUT2D eigenvalue weighted by atomic mass is 15.3. The summed E-state index contributed by atoms with van der Waals surface area (Å²) in [4.78, 5) is 0. The SMILES string of the molecule is Cc1ccccc1C(C)Nc1cccc(-n2cccn2)c1. The average Bonchev–Trinajstić information content (AvgIpc) is 3.02. The van der Waals surface area contributed by atoms with E-state index in [1.165, 1.54) is 11.1 Å². The van der Waals surface area contributed by atoms with Crippen LogP contribution in [0.25, 0.3) is 5.69 Å². The van der Waals surface area contributed by atoms with Crippen molar-refractivity contribution in [3.05, 3.63) is 78.1 Å². The molecule has 2 aromatic carbocycles. The summed E-state index contributed by atoms with van der Waals surface area (Å²) in [6, 6.07) is 19.0. The molecule has 0 saturated carbocycles. The zero-order chi connectivity index (χ0) is 14.7. The molecule has 0 saturated heterocycles. The molecule has 3 nitrogen and oxygen atoms in total. The van der Waals surface area contributed by atoms with Gasteiger partial charge in [0.25, 0.3) is 0 Å². The second kappa shape index (κ2) is 5.83. The second-order valence-electron chi connectivity index (χ2n) is 5.22. The van der Waals surface area contributed by atoms with E-state index in [9.17, 15) is 0 Å². The molecule has 0 aliphatic heterocycles. The number of benzene rings is 2. The Morgan fingerprint density at radius 1 is 1.05 bits per heavy atom. The number of anilines is 1. The summed E-state index contributed by atoms with van der Waals surface area (Å²) in [5, 5.41) is 7.83. The molecule has 0 radical (unpaired) electrons. The van der Waals surface area contributed by atoms with Crippen molar-refractivity contribution in [3.63, 3.8) is 0 Å². The summed E-state index contributed by atoms with van der Waals surface area (Å²) in [5.41, 5.74) is 4.78. The number of nitrogens with zero attached hydrogens (tertiary/aromatic N) is 2. The van der Waals surface area contributed by atoms with Crippen LogP contribution in [0.3, 0.4) is 0 Å².